The molecule has 0 aromatic carbocycles. The van der Waals surface area contributed by atoms with Gasteiger partial charge in [0.15, 0.2) is 0 Å². The minimum Gasteiger partial charge on any atom is -0.390 e. The molecule has 0 amide bonds. The van der Waals surface area contributed by atoms with E-state index in [1.54, 1.807) is 11.3 Å². The molecule has 44 valence electrons. The molecule has 1 aromatic rings. The van der Waals surface area contributed by atoms with Crippen molar-refractivity contribution in [3.63, 3.8) is 0 Å². The summed E-state index contributed by atoms with van der Waals surface area (Å²) < 4.78 is 1.04. The Kier molecular flexibility index (Phi) is 1.58. The molecule has 0 aliphatic rings. The molecule has 1 heterocycles. The molecule has 0 bridgehead atoms. The highest BCUT2D eigenvalue weighted by molar-refractivity contribution is 9.10. The van der Waals surface area contributed by atoms with Gasteiger partial charge >= 0.3 is 0 Å². The maximum Gasteiger partial charge on any atom is 0.100 e. The minimum atomic E-state index is 0.863. The van der Waals surface area contributed by atoms with Gasteiger partial charge in [0.25, 0.3) is 0 Å². The third-order valence-electron chi connectivity index (χ3n) is 0.925. The van der Waals surface area contributed by atoms with Crippen LogP contribution in [0, 0.1) is 6.92 Å². The van der Waals surface area contributed by atoms with Crippen molar-refractivity contribution < 1.29 is 0 Å². The first-order chi connectivity index (χ1) is 3.72. The predicted molar refractivity (Wildman–Crippen MR) is 41.2 cm³/mol. The van der Waals surface area contributed by atoms with E-state index in [1.807, 2.05) is 12.3 Å². The van der Waals surface area contributed by atoms with Crippen LogP contribution in [0.4, 0.5) is 5.00 Å². The summed E-state index contributed by atoms with van der Waals surface area (Å²) in [4.78, 5) is 0. The van der Waals surface area contributed by atoms with E-state index in [9.17, 15) is 0 Å². The third kappa shape index (κ3) is 0.880. The second kappa shape index (κ2) is 2.07. The van der Waals surface area contributed by atoms with Crippen molar-refractivity contribution in [1.29, 1.82) is 0 Å². The fourth-order valence-corrected chi connectivity index (χ4v) is 1.68. The molecule has 1 rings (SSSR count). The lowest BCUT2D eigenvalue weighted by Crippen LogP contribution is -1.77. The van der Waals surface area contributed by atoms with Crippen molar-refractivity contribution in [2.75, 3.05) is 5.73 Å². The van der Waals surface area contributed by atoms with Gasteiger partial charge in [-0.05, 0) is 33.8 Å². The summed E-state index contributed by atoms with van der Waals surface area (Å²) in [5.74, 6) is 0. The predicted octanol–water partition coefficient (Wildman–Crippen LogP) is 2.40. The van der Waals surface area contributed by atoms with E-state index in [4.69, 9.17) is 5.73 Å². The van der Waals surface area contributed by atoms with Gasteiger partial charge in [-0.3, -0.25) is 0 Å². The fraction of sp³-hybridized carbons (Fsp3) is 0.200. The number of aryl methyl sites for hydroxylation is 1. The smallest absolute Gasteiger partial charge is 0.100 e. The van der Waals surface area contributed by atoms with Gasteiger partial charge in [0, 0.05) is 0 Å². The summed E-state index contributed by atoms with van der Waals surface area (Å²) >= 11 is 4.90. The number of hydrogen-bond acceptors (Lipinski definition) is 2. The first-order valence-electron chi connectivity index (χ1n) is 2.21. The molecule has 0 spiro atoms. The lowest BCUT2D eigenvalue weighted by molar-refractivity contribution is 1.52. The molecular weight excluding hydrogens is 186 g/mol. The fourth-order valence-electron chi connectivity index (χ4n) is 0.450. The van der Waals surface area contributed by atoms with Crippen LogP contribution in [0.3, 0.4) is 0 Å². The zero-order chi connectivity index (χ0) is 6.15. The molecule has 0 saturated heterocycles. The highest BCUT2D eigenvalue weighted by Gasteiger charge is 1.98. The van der Waals surface area contributed by atoms with E-state index in [-0.39, 0.29) is 0 Å². The SMILES string of the molecule is Cc1csc(N)c1Br. The van der Waals surface area contributed by atoms with Crippen LogP contribution in [0.5, 0.6) is 0 Å². The van der Waals surface area contributed by atoms with E-state index < -0.39 is 0 Å². The van der Waals surface area contributed by atoms with E-state index in [2.05, 4.69) is 15.9 Å². The van der Waals surface area contributed by atoms with Crippen LogP contribution in [-0.2, 0) is 0 Å². The Morgan fingerprint density at radius 3 is 2.50 bits per heavy atom. The van der Waals surface area contributed by atoms with Crippen molar-refractivity contribution >= 4 is 32.3 Å². The van der Waals surface area contributed by atoms with Crippen LogP contribution in [0.15, 0.2) is 9.85 Å². The third-order valence-corrected chi connectivity index (χ3v) is 3.17. The van der Waals surface area contributed by atoms with Crippen molar-refractivity contribution in [2.45, 2.75) is 6.92 Å². The highest BCUT2D eigenvalue weighted by Crippen LogP contribution is 2.29. The Bertz CT molecular complexity index is 175. The zero-order valence-electron chi connectivity index (χ0n) is 4.44. The zero-order valence-corrected chi connectivity index (χ0v) is 6.84. The van der Waals surface area contributed by atoms with Crippen molar-refractivity contribution in [1.82, 2.24) is 0 Å². The van der Waals surface area contributed by atoms with Crippen LogP contribution in [0.2, 0.25) is 0 Å². The monoisotopic (exact) mass is 191 g/mol. The number of thiophene rings is 1. The van der Waals surface area contributed by atoms with E-state index in [0.717, 1.165) is 9.47 Å². The van der Waals surface area contributed by atoms with Crippen LogP contribution in [0.25, 0.3) is 0 Å². The first kappa shape index (κ1) is 6.11. The molecule has 0 atom stereocenters. The number of nitrogens with two attached hydrogens (primary N) is 1. The molecule has 2 N–H and O–H groups in total. The van der Waals surface area contributed by atoms with Gasteiger partial charge in [-0.25, -0.2) is 0 Å². The summed E-state index contributed by atoms with van der Waals surface area (Å²) in [6.45, 7) is 2.02. The molecule has 0 saturated carbocycles. The lowest BCUT2D eigenvalue weighted by Gasteiger charge is -1.84. The van der Waals surface area contributed by atoms with Crippen LogP contribution >= 0.6 is 27.3 Å². The standard InChI is InChI=1S/C5H6BrNS/c1-3-2-8-5(7)4(3)6/h2H,7H2,1H3. The molecule has 0 unspecified atom stereocenters. The second-order valence-electron chi connectivity index (χ2n) is 1.60. The Morgan fingerprint density at radius 2 is 2.38 bits per heavy atom. The first-order valence-corrected chi connectivity index (χ1v) is 3.88. The van der Waals surface area contributed by atoms with Gasteiger partial charge in [-0.2, -0.15) is 0 Å². The van der Waals surface area contributed by atoms with Crippen molar-refractivity contribution in [3.05, 3.63) is 15.4 Å². The van der Waals surface area contributed by atoms with E-state index in [0.29, 0.717) is 0 Å². The van der Waals surface area contributed by atoms with Crippen molar-refractivity contribution in [3.8, 4) is 0 Å². The van der Waals surface area contributed by atoms with Crippen LogP contribution in [-0.4, -0.2) is 0 Å². The quantitative estimate of drug-likeness (QED) is 0.671. The Balaban J connectivity index is 3.19. The highest BCUT2D eigenvalue weighted by atomic mass is 79.9. The Morgan fingerprint density at radius 1 is 1.75 bits per heavy atom. The molecule has 0 radical (unpaired) electrons. The topological polar surface area (TPSA) is 26.0 Å². The molecule has 8 heavy (non-hydrogen) atoms. The summed E-state index contributed by atoms with van der Waals surface area (Å²) in [7, 11) is 0. The van der Waals surface area contributed by atoms with Crippen LogP contribution < -0.4 is 5.73 Å². The van der Waals surface area contributed by atoms with E-state index in [1.165, 1.54) is 5.56 Å². The Labute approximate surface area is 60.6 Å². The average molecular weight is 192 g/mol. The molecular formula is C5H6BrNS. The number of rotatable bonds is 0. The molecule has 1 nitrogen and oxygen atoms in total. The molecule has 0 aliphatic heterocycles. The van der Waals surface area contributed by atoms with Gasteiger partial charge in [0.1, 0.15) is 5.00 Å². The number of nitrogen functional groups attached to an aromatic ring is 1. The lowest BCUT2D eigenvalue weighted by atomic mass is 10.4. The van der Waals surface area contributed by atoms with Gasteiger partial charge < -0.3 is 5.73 Å². The average Bonchev–Trinajstić information content (AvgIpc) is 1.98. The minimum absolute atomic E-state index is 0.863. The van der Waals surface area contributed by atoms with E-state index >= 15 is 0 Å². The normalized spacial score (nSPS) is 9.75. The summed E-state index contributed by atoms with van der Waals surface area (Å²) in [5.41, 5.74) is 6.73. The Hall–Kier alpha value is -0.0200. The van der Waals surface area contributed by atoms with Gasteiger partial charge in [0.2, 0.25) is 0 Å². The summed E-state index contributed by atoms with van der Waals surface area (Å²) in [6, 6.07) is 0. The largest absolute Gasteiger partial charge is 0.390 e. The molecule has 3 heteroatoms. The number of halogens is 1. The number of anilines is 1. The molecule has 0 fully saturated rings. The summed E-state index contributed by atoms with van der Waals surface area (Å²) in [6.07, 6.45) is 0. The van der Waals surface area contributed by atoms with Gasteiger partial charge in [-0.1, -0.05) is 0 Å². The molecule has 1 aromatic heterocycles. The van der Waals surface area contributed by atoms with Gasteiger partial charge in [0.05, 0.1) is 4.47 Å². The second-order valence-corrected chi connectivity index (χ2v) is 3.30. The summed E-state index contributed by atoms with van der Waals surface area (Å²) in [5, 5.41) is 2.89. The maximum atomic E-state index is 5.51. The van der Waals surface area contributed by atoms with Gasteiger partial charge in [-0.15, -0.1) is 11.3 Å². The van der Waals surface area contributed by atoms with Crippen LogP contribution in [0.1, 0.15) is 5.56 Å². The number of hydrogen-bond donors (Lipinski definition) is 1. The van der Waals surface area contributed by atoms with Crippen molar-refractivity contribution in [2.24, 2.45) is 0 Å². The molecule has 0 aliphatic carbocycles. The maximum absolute atomic E-state index is 5.51.